The summed E-state index contributed by atoms with van der Waals surface area (Å²) in [6.07, 6.45) is 0.162. The van der Waals surface area contributed by atoms with Crippen LogP contribution in [0.5, 0.6) is 11.5 Å². The Kier molecular flexibility index (Phi) is 5.25. The number of carbonyl (C=O) groups is 1. The first kappa shape index (κ1) is 17.7. The summed E-state index contributed by atoms with van der Waals surface area (Å²) in [5, 5.41) is 3.90. The number of carbonyl (C=O) groups excluding carboxylic acids is 1. The molecule has 3 rings (SSSR count). The Morgan fingerprint density at radius 2 is 1.92 bits per heavy atom. The summed E-state index contributed by atoms with van der Waals surface area (Å²) in [6, 6.07) is 8.88. The van der Waals surface area contributed by atoms with Gasteiger partial charge in [-0.2, -0.15) is 0 Å². The second-order valence-corrected chi connectivity index (χ2v) is 6.73. The molecule has 0 fully saturated rings. The van der Waals surface area contributed by atoms with Crippen LogP contribution in [0.2, 0.25) is 10.0 Å². The molecule has 1 aliphatic heterocycles. The Balaban J connectivity index is 1.78. The summed E-state index contributed by atoms with van der Waals surface area (Å²) in [4.78, 5) is 14.4. The lowest BCUT2D eigenvalue weighted by Gasteiger charge is -2.20. The van der Waals surface area contributed by atoms with Crippen molar-refractivity contribution >= 4 is 40.5 Å². The lowest BCUT2D eigenvalue weighted by molar-refractivity contribution is -0.115. The van der Waals surface area contributed by atoms with Crippen molar-refractivity contribution in [2.75, 3.05) is 37.5 Å². The number of hydrogen-bond acceptors (Lipinski definition) is 4. The molecule has 7 heteroatoms. The number of benzene rings is 2. The molecule has 0 aromatic heterocycles. The molecule has 0 unspecified atom stereocenters. The van der Waals surface area contributed by atoms with Crippen LogP contribution in [0.4, 0.5) is 11.4 Å². The SMILES string of the molecule is CN(C)c1ccc(Cl)cc1NC(=O)Cc1cc(Cl)c2c(c1)OCCO2. The third-order valence-corrected chi connectivity index (χ3v) is 4.25. The Bertz CT molecular complexity index is 809. The van der Waals surface area contributed by atoms with E-state index in [2.05, 4.69) is 5.32 Å². The molecule has 0 atom stereocenters. The van der Waals surface area contributed by atoms with Gasteiger partial charge in [-0.15, -0.1) is 0 Å². The van der Waals surface area contributed by atoms with Gasteiger partial charge in [0.15, 0.2) is 11.5 Å². The van der Waals surface area contributed by atoms with Crippen molar-refractivity contribution in [1.82, 2.24) is 0 Å². The summed E-state index contributed by atoms with van der Waals surface area (Å²) < 4.78 is 11.0. The van der Waals surface area contributed by atoms with Crippen LogP contribution in [0.15, 0.2) is 30.3 Å². The van der Waals surface area contributed by atoms with Crippen molar-refractivity contribution < 1.29 is 14.3 Å². The van der Waals surface area contributed by atoms with Crippen LogP contribution in [-0.2, 0) is 11.2 Å². The highest BCUT2D eigenvalue weighted by atomic mass is 35.5. The summed E-state index contributed by atoms with van der Waals surface area (Å²) in [5.41, 5.74) is 2.28. The summed E-state index contributed by atoms with van der Waals surface area (Å²) >= 11 is 12.3. The minimum atomic E-state index is -0.168. The van der Waals surface area contributed by atoms with Crippen LogP contribution in [0.3, 0.4) is 0 Å². The van der Waals surface area contributed by atoms with E-state index in [0.29, 0.717) is 40.4 Å². The van der Waals surface area contributed by atoms with Gasteiger partial charge in [-0.25, -0.2) is 0 Å². The summed E-state index contributed by atoms with van der Waals surface area (Å²) in [6.45, 7) is 0.933. The third-order valence-electron chi connectivity index (χ3n) is 3.74. The molecule has 0 spiro atoms. The molecular weight excluding hydrogens is 363 g/mol. The number of nitrogens with zero attached hydrogens (tertiary/aromatic N) is 1. The van der Waals surface area contributed by atoms with Gasteiger partial charge in [-0.05, 0) is 35.9 Å². The zero-order chi connectivity index (χ0) is 18.0. The van der Waals surface area contributed by atoms with E-state index in [1.54, 1.807) is 24.3 Å². The minimum Gasteiger partial charge on any atom is -0.486 e. The van der Waals surface area contributed by atoms with Crippen molar-refractivity contribution in [2.45, 2.75) is 6.42 Å². The first-order chi connectivity index (χ1) is 11.9. The fraction of sp³-hybridized carbons (Fsp3) is 0.278. The largest absolute Gasteiger partial charge is 0.486 e. The Hall–Kier alpha value is -2.11. The van der Waals surface area contributed by atoms with Gasteiger partial charge in [0.25, 0.3) is 0 Å². The number of halogens is 2. The van der Waals surface area contributed by atoms with Gasteiger partial charge in [-0.3, -0.25) is 4.79 Å². The molecule has 2 aromatic rings. The molecule has 1 N–H and O–H groups in total. The molecule has 0 saturated heterocycles. The number of anilines is 2. The van der Waals surface area contributed by atoms with Crippen molar-refractivity contribution in [3.05, 3.63) is 45.9 Å². The van der Waals surface area contributed by atoms with Gasteiger partial charge < -0.3 is 19.7 Å². The molecule has 0 radical (unpaired) electrons. The Labute approximate surface area is 156 Å². The van der Waals surface area contributed by atoms with E-state index in [1.807, 2.05) is 25.1 Å². The highest BCUT2D eigenvalue weighted by Gasteiger charge is 2.18. The maximum absolute atomic E-state index is 12.5. The number of nitrogens with one attached hydrogen (secondary N) is 1. The second-order valence-electron chi connectivity index (χ2n) is 5.88. The molecule has 5 nitrogen and oxygen atoms in total. The first-order valence-corrected chi connectivity index (χ1v) is 8.54. The number of fused-ring (bicyclic) bond motifs is 1. The maximum Gasteiger partial charge on any atom is 0.228 e. The average molecular weight is 381 g/mol. The van der Waals surface area contributed by atoms with Gasteiger partial charge in [0.1, 0.15) is 13.2 Å². The zero-order valence-corrected chi connectivity index (χ0v) is 15.4. The van der Waals surface area contributed by atoms with Gasteiger partial charge in [0, 0.05) is 19.1 Å². The highest BCUT2D eigenvalue weighted by Crippen LogP contribution is 2.38. The molecule has 2 aromatic carbocycles. The molecule has 25 heavy (non-hydrogen) atoms. The van der Waals surface area contributed by atoms with Crippen LogP contribution in [-0.4, -0.2) is 33.2 Å². The fourth-order valence-electron chi connectivity index (χ4n) is 2.64. The number of rotatable bonds is 4. The summed E-state index contributed by atoms with van der Waals surface area (Å²) in [5.74, 6) is 0.929. The Morgan fingerprint density at radius 1 is 1.16 bits per heavy atom. The molecule has 132 valence electrons. The topological polar surface area (TPSA) is 50.8 Å². The maximum atomic E-state index is 12.5. The van der Waals surface area contributed by atoms with Crippen LogP contribution in [0.1, 0.15) is 5.56 Å². The van der Waals surface area contributed by atoms with E-state index >= 15 is 0 Å². The van der Waals surface area contributed by atoms with Crippen molar-refractivity contribution in [1.29, 1.82) is 0 Å². The number of hydrogen-bond donors (Lipinski definition) is 1. The van der Waals surface area contributed by atoms with E-state index in [1.165, 1.54) is 0 Å². The molecule has 0 bridgehead atoms. The highest BCUT2D eigenvalue weighted by molar-refractivity contribution is 6.32. The van der Waals surface area contributed by atoms with Crippen LogP contribution >= 0.6 is 23.2 Å². The van der Waals surface area contributed by atoms with Crippen LogP contribution in [0, 0.1) is 0 Å². The molecule has 0 aliphatic carbocycles. The predicted octanol–water partition coefficient (Wildman–Crippen LogP) is 4.01. The summed E-state index contributed by atoms with van der Waals surface area (Å²) in [7, 11) is 3.80. The first-order valence-electron chi connectivity index (χ1n) is 7.79. The van der Waals surface area contributed by atoms with E-state index in [9.17, 15) is 4.79 Å². The normalized spacial score (nSPS) is 12.6. The predicted molar refractivity (Wildman–Crippen MR) is 101 cm³/mol. The number of ether oxygens (including phenoxy) is 2. The molecule has 1 aliphatic rings. The third kappa shape index (κ3) is 4.11. The lowest BCUT2D eigenvalue weighted by atomic mass is 10.1. The molecule has 1 heterocycles. The zero-order valence-electron chi connectivity index (χ0n) is 13.9. The lowest BCUT2D eigenvalue weighted by Crippen LogP contribution is -2.19. The second kappa shape index (κ2) is 7.42. The quantitative estimate of drug-likeness (QED) is 0.870. The van der Waals surface area contributed by atoms with Crippen LogP contribution in [0.25, 0.3) is 0 Å². The van der Waals surface area contributed by atoms with Gasteiger partial charge in [0.05, 0.1) is 22.8 Å². The van der Waals surface area contributed by atoms with Crippen molar-refractivity contribution in [3.63, 3.8) is 0 Å². The minimum absolute atomic E-state index is 0.162. The van der Waals surface area contributed by atoms with E-state index in [4.69, 9.17) is 32.7 Å². The Morgan fingerprint density at radius 3 is 2.68 bits per heavy atom. The number of amides is 1. The van der Waals surface area contributed by atoms with Crippen molar-refractivity contribution in [3.8, 4) is 11.5 Å². The standard InChI is InChI=1S/C18H18Cl2N2O3/c1-22(2)15-4-3-12(19)10-14(15)21-17(23)9-11-7-13(20)18-16(8-11)24-5-6-25-18/h3-4,7-8,10H,5-6,9H2,1-2H3,(H,21,23). The average Bonchev–Trinajstić information content (AvgIpc) is 2.54. The van der Waals surface area contributed by atoms with Crippen molar-refractivity contribution in [2.24, 2.45) is 0 Å². The molecule has 1 amide bonds. The monoisotopic (exact) mass is 380 g/mol. The van der Waals surface area contributed by atoms with Gasteiger partial charge in [0.2, 0.25) is 5.91 Å². The van der Waals surface area contributed by atoms with E-state index in [-0.39, 0.29) is 12.3 Å². The molecule has 0 saturated carbocycles. The van der Waals surface area contributed by atoms with Gasteiger partial charge in [-0.1, -0.05) is 23.2 Å². The molecular formula is C18H18Cl2N2O3. The fourth-order valence-corrected chi connectivity index (χ4v) is 3.10. The van der Waals surface area contributed by atoms with E-state index < -0.39 is 0 Å². The van der Waals surface area contributed by atoms with Crippen LogP contribution < -0.4 is 19.7 Å². The smallest absolute Gasteiger partial charge is 0.228 e. The van der Waals surface area contributed by atoms with E-state index in [0.717, 1.165) is 11.3 Å². The van der Waals surface area contributed by atoms with Gasteiger partial charge >= 0.3 is 0 Å².